The van der Waals surface area contributed by atoms with E-state index in [0.29, 0.717) is 10.9 Å². The zero-order valence-corrected chi connectivity index (χ0v) is 11.5. The molecule has 1 aliphatic heterocycles. The third-order valence-corrected chi connectivity index (χ3v) is 3.94. The fraction of sp³-hybridized carbons (Fsp3) is 0.462. The standard InChI is InChI=1S/C13H17N3O2S/c14-10-1-2-12-11(9-10)15-13(18-12)19-8-5-16-3-6-17-7-4-16/h1-2,9H,3-8,14H2. The Bertz CT molecular complexity index is 552. The Kier molecular flexibility index (Phi) is 3.91. The zero-order valence-electron chi connectivity index (χ0n) is 10.7. The van der Waals surface area contributed by atoms with Crippen LogP contribution >= 0.6 is 11.8 Å². The SMILES string of the molecule is Nc1ccc2oc(SCCN3CCOCC3)nc2c1. The van der Waals surface area contributed by atoms with Crippen LogP contribution in [-0.4, -0.2) is 48.5 Å². The monoisotopic (exact) mass is 279 g/mol. The quantitative estimate of drug-likeness (QED) is 0.680. The van der Waals surface area contributed by atoms with Crippen LogP contribution in [0.4, 0.5) is 5.69 Å². The van der Waals surface area contributed by atoms with Gasteiger partial charge in [-0.1, -0.05) is 11.8 Å². The van der Waals surface area contributed by atoms with Crippen LogP contribution in [0, 0.1) is 0 Å². The van der Waals surface area contributed by atoms with Crippen molar-refractivity contribution < 1.29 is 9.15 Å². The summed E-state index contributed by atoms with van der Waals surface area (Å²) < 4.78 is 11.0. The lowest BCUT2D eigenvalue weighted by Crippen LogP contribution is -2.37. The second-order valence-corrected chi connectivity index (χ2v) is 5.56. The van der Waals surface area contributed by atoms with Crippen molar-refractivity contribution in [1.82, 2.24) is 9.88 Å². The molecule has 102 valence electrons. The molecule has 1 aromatic carbocycles. The number of morpholine rings is 1. The average Bonchev–Trinajstić information content (AvgIpc) is 2.82. The molecule has 1 aromatic heterocycles. The van der Waals surface area contributed by atoms with Gasteiger partial charge in [0.25, 0.3) is 5.22 Å². The Hall–Kier alpha value is -1.24. The number of nitrogens with zero attached hydrogens (tertiary/aromatic N) is 2. The lowest BCUT2D eigenvalue weighted by Gasteiger charge is -2.25. The molecule has 2 heterocycles. The first-order valence-corrected chi connectivity index (χ1v) is 7.39. The summed E-state index contributed by atoms with van der Waals surface area (Å²) in [5.74, 6) is 0.975. The maximum absolute atomic E-state index is 5.72. The molecule has 1 fully saturated rings. The van der Waals surface area contributed by atoms with Gasteiger partial charge in [0.15, 0.2) is 5.58 Å². The summed E-state index contributed by atoms with van der Waals surface area (Å²) >= 11 is 1.64. The summed E-state index contributed by atoms with van der Waals surface area (Å²) in [7, 11) is 0. The molecule has 0 saturated carbocycles. The molecule has 2 aromatic rings. The number of rotatable bonds is 4. The highest BCUT2D eigenvalue weighted by Gasteiger charge is 2.11. The van der Waals surface area contributed by atoms with Crippen LogP contribution in [0.3, 0.4) is 0 Å². The van der Waals surface area contributed by atoms with Crippen molar-refractivity contribution in [3.63, 3.8) is 0 Å². The van der Waals surface area contributed by atoms with Crippen LogP contribution in [0.15, 0.2) is 27.8 Å². The summed E-state index contributed by atoms with van der Waals surface area (Å²) in [6, 6.07) is 5.53. The van der Waals surface area contributed by atoms with E-state index in [1.807, 2.05) is 18.2 Å². The first-order chi connectivity index (χ1) is 9.31. The molecule has 0 radical (unpaired) electrons. The number of thioether (sulfide) groups is 1. The summed E-state index contributed by atoms with van der Waals surface area (Å²) in [6.45, 7) is 4.75. The topological polar surface area (TPSA) is 64.5 Å². The van der Waals surface area contributed by atoms with Gasteiger partial charge >= 0.3 is 0 Å². The molecule has 0 atom stereocenters. The number of fused-ring (bicyclic) bond motifs is 1. The molecule has 1 saturated heterocycles. The van der Waals surface area contributed by atoms with E-state index in [-0.39, 0.29) is 0 Å². The number of nitrogen functional groups attached to an aromatic ring is 1. The Morgan fingerprint density at radius 2 is 2.16 bits per heavy atom. The van der Waals surface area contributed by atoms with E-state index < -0.39 is 0 Å². The third kappa shape index (κ3) is 3.20. The van der Waals surface area contributed by atoms with E-state index in [1.165, 1.54) is 0 Å². The summed E-state index contributed by atoms with van der Waals surface area (Å²) in [5.41, 5.74) is 8.06. The van der Waals surface area contributed by atoms with Crippen LogP contribution in [0.25, 0.3) is 11.1 Å². The van der Waals surface area contributed by atoms with Gasteiger partial charge in [-0.15, -0.1) is 0 Å². The molecule has 0 amide bonds. The Balaban J connectivity index is 1.56. The van der Waals surface area contributed by atoms with E-state index in [9.17, 15) is 0 Å². The van der Waals surface area contributed by atoms with Gasteiger partial charge < -0.3 is 14.9 Å². The first-order valence-electron chi connectivity index (χ1n) is 6.40. The van der Waals surface area contributed by atoms with E-state index in [2.05, 4.69) is 9.88 Å². The van der Waals surface area contributed by atoms with Crippen LogP contribution in [0.2, 0.25) is 0 Å². The van der Waals surface area contributed by atoms with Gasteiger partial charge in [0, 0.05) is 31.1 Å². The highest BCUT2D eigenvalue weighted by Crippen LogP contribution is 2.24. The van der Waals surface area contributed by atoms with E-state index in [0.717, 1.165) is 49.7 Å². The maximum Gasteiger partial charge on any atom is 0.256 e. The van der Waals surface area contributed by atoms with Gasteiger partial charge in [0.1, 0.15) is 5.52 Å². The number of hydrogen-bond donors (Lipinski definition) is 1. The molecule has 0 bridgehead atoms. The second-order valence-electron chi connectivity index (χ2n) is 4.51. The minimum atomic E-state index is 0.714. The first kappa shape index (κ1) is 12.8. The molecule has 5 nitrogen and oxygen atoms in total. The largest absolute Gasteiger partial charge is 0.431 e. The average molecular weight is 279 g/mol. The van der Waals surface area contributed by atoms with Crippen molar-refractivity contribution in [1.29, 1.82) is 0 Å². The Morgan fingerprint density at radius 1 is 1.32 bits per heavy atom. The predicted molar refractivity (Wildman–Crippen MR) is 76.4 cm³/mol. The lowest BCUT2D eigenvalue weighted by atomic mass is 10.3. The lowest BCUT2D eigenvalue weighted by molar-refractivity contribution is 0.0410. The van der Waals surface area contributed by atoms with E-state index >= 15 is 0 Å². The fourth-order valence-electron chi connectivity index (χ4n) is 2.07. The number of benzene rings is 1. The molecule has 0 unspecified atom stereocenters. The highest BCUT2D eigenvalue weighted by atomic mass is 32.2. The zero-order chi connectivity index (χ0) is 13.1. The highest BCUT2D eigenvalue weighted by molar-refractivity contribution is 7.99. The predicted octanol–water partition coefficient (Wildman–Crippen LogP) is 1.83. The van der Waals surface area contributed by atoms with Gasteiger partial charge in [-0.3, -0.25) is 4.90 Å². The van der Waals surface area contributed by atoms with Gasteiger partial charge in [0.05, 0.1) is 13.2 Å². The van der Waals surface area contributed by atoms with Crippen LogP contribution in [0.5, 0.6) is 0 Å². The third-order valence-electron chi connectivity index (χ3n) is 3.13. The van der Waals surface area contributed by atoms with Crippen LogP contribution in [0.1, 0.15) is 0 Å². The minimum Gasteiger partial charge on any atom is -0.431 e. The van der Waals surface area contributed by atoms with E-state index in [4.69, 9.17) is 14.9 Å². The van der Waals surface area contributed by atoms with Gasteiger partial charge in [-0.2, -0.15) is 0 Å². The van der Waals surface area contributed by atoms with Crippen LogP contribution in [-0.2, 0) is 4.74 Å². The Morgan fingerprint density at radius 3 is 3.00 bits per heavy atom. The smallest absolute Gasteiger partial charge is 0.256 e. The van der Waals surface area contributed by atoms with Gasteiger partial charge in [-0.05, 0) is 18.2 Å². The molecule has 0 spiro atoms. The molecular formula is C13H17N3O2S. The maximum atomic E-state index is 5.72. The molecule has 19 heavy (non-hydrogen) atoms. The summed E-state index contributed by atoms with van der Waals surface area (Å²) in [5, 5.41) is 0.717. The molecule has 3 rings (SSSR count). The molecular weight excluding hydrogens is 262 g/mol. The number of anilines is 1. The molecule has 0 aliphatic carbocycles. The Labute approximate surface area is 116 Å². The number of ether oxygens (including phenoxy) is 1. The van der Waals surface area contributed by atoms with Crippen molar-refractivity contribution in [2.24, 2.45) is 0 Å². The number of aromatic nitrogens is 1. The van der Waals surface area contributed by atoms with Crippen molar-refractivity contribution in [3.8, 4) is 0 Å². The summed E-state index contributed by atoms with van der Waals surface area (Å²) in [4.78, 5) is 6.83. The second kappa shape index (κ2) is 5.81. The van der Waals surface area contributed by atoms with Crippen LogP contribution < -0.4 is 5.73 Å². The van der Waals surface area contributed by atoms with Crippen molar-refractivity contribution >= 4 is 28.5 Å². The number of oxazole rings is 1. The number of nitrogens with two attached hydrogens (primary N) is 1. The fourth-order valence-corrected chi connectivity index (χ4v) is 2.91. The van der Waals surface area contributed by atoms with Gasteiger partial charge in [-0.25, -0.2) is 4.98 Å². The van der Waals surface area contributed by atoms with Crippen molar-refractivity contribution in [3.05, 3.63) is 18.2 Å². The van der Waals surface area contributed by atoms with Gasteiger partial charge in [0.2, 0.25) is 0 Å². The molecule has 1 aliphatic rings. The normalized spacial score (nSPS) is 17.1. The minimum absolute atomic E-state index is 0.714. The number of hydrogen-bond acceptors (Lipinski definition) is 6. The van der Waals surface area contributed by atoms with Crippen molar-refractivity contribution in [2.45, 2.75) is 5.22 Å². The van der Waals surface area contributed by atoms with Crippen molar-refractivity contribution in [2.75, 3.05) is 44.3 Å². The van der Waals surface area contributed by atoms with E-state index in [1.54, 1.807) is 11.8 Å². The molecule has 6 heteroatoms. The molecule has 2 N–H and O–H groups in total. The summed E-state index contributed by atoms with van der Waals surface area (Å²) in [6.07, 6.45) is 0.